The lowest BCUT2D eigenvalue weighted by atomic mass is 10.0. The van der Waals surface area contributed by atoms with E-state index in [9.17, 15) is 14.3 Å². The Labute approximate surface area is 158 Å². The smallest absolute Gasteiger partial charge is 0.300 e. The van der Waals surface area contributed by atoms with Gasteiger partial charge >= 0.3 is 13.8 Å². The molecular weight excluding hydrogens is 355 g/mol. The van der Waals surface area contributed by atoms with E-state index in [1.54, 1.807) is 0 Å². The molecule has 26 heavy (non-hydrogen) atoms. The molecule has 0 aromatic rings. The molecule has 7 heteroatoms. The van der Waals surface area contributed by atoms with Crippen LogP contribution in [-0.2, 0) is 23.4 Å². The molecule has 0 heterocycles. The number of phosphoric ester groups is 1. The fourth-order valence-electron chi connectivity index (χ4n) is 2.62. The van der Waals surface area contributed by atoms with Gasteiger partial charge in [-0.2, -0.15) is 0 Å². The molecule has 0 aromatic carbocycles. The van der Waals surface area contributed by atoms with Crippen LogP contribution < -0.4 is 0 Å². The molecule has 0 aromatic heterocycles. The molecule has 0 saturated carbocycles. The Balaban J connectivity index is 3.29. The molecular formula is C19H37O6P. The maximum Gasteiger partial charge on any atom is 0.508 e. The Morgan fingerprint density at radius 1 is 0.885 bits per heavy atom. The summed E-state index contributed by atoms with van der Waals surface area (Å²) in [6.07, 6.45) is 18.1. The van der Waals surface area contributed by atoms with Gasteiger partial charge < -0.3 is 4.89 Å². The maximum atomic E-state index is 11.4. The summed E-state index contributed by atoms with van der Waals surface area (Å²) in [5.41, 5.74) is 0. The number of hydrogen-bond donors (Lipinski definition) is 1. The van der Waals surface area contributed by atoms with Crippen LogP contribution in [0.2, 0.25) is 0 Å². The van der Waals surface area contributed by atoms with Crippen LogP contribution in [0, 0.1) is 0 Å². The lowest BCUT2D eigenvalue weighted by Crippen LogP contribution is -2.03. The number of hydrogen-bond acceptors (Lipinski definition) is 5. The van der Waals surface area contributed by atoms with Crippen molar-refractivity contribution in [3.63, 3.8) is 0 Å². The van der Waals surface area contributed by atoms with Crippen molar-refractivity contribution in [3.05, 3.63) is 12.7 Å². The largest absolute Gasteiger partial charge is 0.508 e. The molecule has 0 aliphatic rings. The monoisotopic (exact) mass is 392 g/mol. The minimum absolute atomic E-state index is 0.0947. The summed E-state index contributed by atoms with van der Waals surface area (Å²) in [6, 6.07) is 0. The first-order chi connectivity index (χ1) is 12.5. The van der Waals surface area contributed by atoms with Gasteiger partial charge in [0.2, 0.25) is 0 Å². The SMILES string of the molecule is C=CC(=O)OOP(=O)(O)OCCCCCCCCCCCCCCCC. The molecule has 0 aliphatic carbocycles. The summed E-state index contributed by atoms with van der Waals surface area (Å²) in [5.74, 6) is -0.945. The van der Waals surface area contributed by atoms with E-state index in [0.717, 1.165) is 18.9 Å². The highest BCUT2D eigenvalue weighted by Gasteiger charge is 2.24. The number of phosphoric acid groups is 1. The van der Waals surface area contributed by atoms with Crippen molar-refractivity contribution < 1.29 is 28.3 Å². The van der Waals surface area contributed by atoms with Gasteiger partial charge in [0.05, 0.1) is 6.61 Å². The molecule has 0 amide bonds. The van der Waals surface area contributed by atoms with E-state index in [4.69, 9.17) is 4.52 Å². The quantitative estimate of drug-likeness (QED) is 0.0920. The Morgan fingerprint density at radius 2 is 1.31 bits per heavy atom. The van der Waals surface area contributed by atoms with Crippen LogP contribution >= 0.6 is 7.82 Å². The highest BCUT2D eigenvalue weighted by molar-refractivity contribution is 7.47. The topological polar surface area (TPSA) is 82.1 Å². The maximum absolute atomic E-state index is 11.4. The van der Waals surface area contributed by atoms with Crippen LogP contribution in [0.5, 0.6) is 0 Å². The third-order valence-corrected chi connectivity index (χ3v) is 4.90. The Bertz CT molecular complexity index is 399. The molecule has 0 saturated heterocycles. The van der Waals surface area contributed by atoms with E-state index in [2.05, 4.69) is 23.1 Å². The zero-order chi connectivity index (χ0) is 19.5. The van der Waals surface area contributed by atoms with Crippen LogP contribution in [-0.4, -0.2) is 17.5 Å². The number of carbonyl (C=O) groups excluding carboxylic acids is 1. The minimum Gasteiger partial charge on any atom is -0.300 e. The highest BCUT2D eigenvalue weighted by Crippen LogP contribution is 2.43. The Morgan fingerprint density at radius 3 is 1.73 bits per heavy atom. The van der Waals surface area contributed by atoms with Gasteiger partial charge in [0.25, 0.3) is 0 Å². The summed E-state index contributed by atoms with van der Waals surface area (Å²) in [7, 11) is -4.34. The van der Waals surface area contributed by atoms with Gasteiger partial charge in [-0.25, -0.2) is 9.36 Å². The van der Waals surface area contributed by atoms with E-state index in [0.29, 0.717) is 6.42 Å². The third-order valence-electron chi connectivity index (χ3n) is 4.13. The van der Waals surface area contributed by atoms with E-state index in [1.165, 1.54) is 70.6 Å². The molecule has 1 atom stereocenters. The first kappa shape index (κ1) is 25.3. The molecule has 1 N–H and O–H groups in total. The zero-order valence-corrected chi connectivity index (χ0v) is 17.2. The summed E-state index contributed by atoms with van der Waals surface area (Å²) in [6.45, 7) is 5.48. The van der Waals surface area contributed by atoms with Crippen LogP contribution in [0.4, 0.5) is 0 Å². The predicted molar refractivity (Wildman–Crippen MR) is 103 cm³/mol. The fourth-order valence-corrected chi connectivity index (χ4v) is 3.19. The van der Waals surface area contributed by atoms with Crippen molar-refractivity contribution in [2.45, 2.75) is 96.8 Å². The second-order valence-corrected chi connectivity index (χ2v) is 7.92. The first-order valence-electron chi connectivity index (χ1n) is 10.0. The van der Waals surface area contributed by atoms with Crippen molar-refractivity contribution in [2.24, 2.45) is 0 Å². The summed E-state index contributed by atoms with van der Waals surface area (Å²) in [4.78, 5) is 24.0. The van der Waals surface area contributed by atoms with Crippen LogP contribution in [0.3, 0.4) is 0 Å². The fraction of sp³-hybridized carbons (Fsp3) is 0.842. The van der Waals surface area contributed by atoms with E-state index < -0.39 is 13.8 Å². The number of rotatable bonds is 19. The van der Waals surface area contributed by atoms with Crippen LogP contribution in [0.25, 0.3) is 0 Å². The molecule has 1 unspecified atom stereocenters. The molecule has 154 valence electrons. The van der Waals surface area contributed by atoms with Crippen molar-refractivity contribution >= 4 is 13.8 Å². The predicted octanol–water partition coefficient (Wildman–Crippen LogP) is 6.25. The van der Waals surface area contributed by atoms with Gasteiger partial charge in [-0.15, -0.1) is 0 Å². The summed E-state index contributed by atoms with van der Waals surface area (Å²) < 4.78 is 20.1. The van der Waals surface area contributed by atoms with Gasteiger partial charge in [0.15, 0.2) is 0 Å². The van der Waals surface area contributed by atoms with Crippen molar-refractivity contribution in [1.82, 2.24) is 0 Å². The van der Waals surface area contributed by atoms with Crippen molar-refractivity contribution in [2.75, 3.05) is 6.61 Å². The second-order valence-electron chi connectivity index (χ2n) is 6.58. The van der Waals surface area contributed by atoms with Gasteiger partial charge in [0.1, 0.15) is 0 Å². The second kappa shape index (κ2) is 17.7. The number of unbranched alkanes of at least 4 members (excludes halogenated alkanes) is 13. The van der Waals surface area contributed by atoms with Gasteiger partial charge in [0, 0.05) is 6.08 Å². The minimum atomic E-state index is -4.34. The molecule has 0 spiro atoms. The zero-order valence-electron chi connectivity index (χ0n) is 16.3. The van der Waals surface area contributed by atoms with Crippen molar-refractivity contribution in [1.29, 1.82) is 0 Å². The molecule has 0 fully saturated rings. The lowest BCUT2D eigenvalue weighted by Gasteiger charge is -2.09. The first-order valence-corrected chi connectivity index (χ1v) is 11.5. The Kier molecular flexibility index (Phi) is 17.3. The van der Waals surface area contributed by atoms with E-state index in [1.807, 2.05) is 0 Å². The van der Waals surface area contributed by atoms with E-state index in [-0.39, 0.29) is 6.61 Å². The Hall–Kier alpha value is -0.680. The van der Waals surface area contributed by atoms with Crippen LogP contribution in [0.1, 0.15) is 96.8 Å². The highest BCUT2D eigenvalue weighted by atomic mass is 31.2. The summed E-state index contributed by atoms with van der Waals surface area (Å²) >= 11 is 0. The molecule has 0 bridgehead atoms. The average Bonchev–Trinajstić information content (AvgIpc) is 2.63. The van der Waals surface area contributed by atoms with Gasteiger partial charge in [-0.3, -0.25) is 9.41 Å². The van der Waals surface area contributed by atoms with Gasteiger partial charge in [-0.05, 0) is 6.42 Å². The standard InChI is InChI=1S/C19H37O6P/c1-3-5-6-7-8-9-10-11-12-13-14-15-16-17-18-23-26(21,22)25-24-19(20)4-2/h4H,2-3,5-18H2,1H3,(H,21,22). The molecule has 0 rings (SSSR count). The van der Waals surface area contributed by atoms with Crippen molar-refractivity contribution in [3.8, 4) is 0 Å². The normalized spacial score (nSPS) is 13.3. The molecule has 6 nitrogen and oxygen atoms in total. The average molecular weight is 392 g/mol. The van der Waals surface area contributed by atoms with Gasteiger partial charge in [-0.1, -0.05) is 102 Å². The summed E-state index contributed by atoms with van der Waals surface area (Å²) in [5, 5.41) is 0. The molecule has 0 radical (unpaired) electrons. The number of carbonyl (C=O) groups is 1. The lowest BCUT2D eigenvalue weighted by molar-refractivity contribution is -0.217. The van der Waals surface area contributed by atoms with Crippen LogP contribution in [0.15, 0.2) is 12.7 Å². The molecule has 0 aliphatic heterocycles. The van der Waals surface area contributed by atoms with E-state index >= 15 is 0 Å². The third kappa shape index (κ3) is 18.1.